The van der Waals surface area contributed by atoms with E-state index < -0.39 is 10.0 Å². The molecule has 2 N–H and O–H groups in total. The van der Waals surface area contributed by atoms with E-state index in [1.165, 1.54) is 24.3 Å². The number of hydrogen-bond donors (Lipinski definition) is 2. The quantitative estimate of drug-likeness (QED) is 0.509. The number of sulfonamides is 1. The Kier molecular flexibility index (Phi) is 5.17. The molecule has 0 bridgehead atoms. The van der Waals surface area contributed by atoms with Gasteiger partial charge < -0.3 is 4.98 Å². The Hall–Kier alpha value is -3.40. The first kappa shape index (κ1) is 18.9. The van der Waals surface area contributed by atoms with Gasteiger partial charge in [-0.1, -0.05) is 48.5 Å². The molecule has 0 fully saturated rings. The minimum absolute atomic E-state index is 0.141. The molecule has 0 amide bonds. The van der Waals surface area contributed by atoms with Gasteiger partial charge in [-0.2, -0.15) is 5.26 Å². The number of nitriles is 1. The molecule has 0 saturated heterocycles. The van der Waals surface area contributed by atoms with Crippen LogP contribution in [0.3, 0.4) is 0 Å². The van der Waals surface area contributed by atoms with E-state index in [1.807, 2.05) is 66.9 Å². The van der Waals surface area contributed by atoms with Gasteiger partial charge in [0.05, 0.1) is 16.5 Å². The Balaban J connectivity index is 1.67. The average Bonchev–Trinajstić information content (AvgIpc) is 3.19. The van der Waals surface area contributed by atoms with Crippen molar-refractivity contribution in [2.75, 3.05) is 6.54 Å². The maximum Gasteiger partial charge on any atom is 0.240 e. The summed E-state index contributed by atoms with van der Waals surface area (Å²) >= 11 is 0. The average molecular weight is 401 g/mol. The molecule has 0 aliphatic rings. The maximum atomic E-state index is 12.8. The summed E-state index contributed by atoms with van der Waals surface area (Å²) < 4.78 is 28.3. The van der Waals surface area contributed by atoms with Crippen molar-refractivity contribution in [2.45, 2.75) is 10.8 Å². The zero-order chi connectivity index (χ0) is 20.3. The minimum Gasteiger partial charge on any atom is -0.361 e. The Morgan fingerprint density at radius 2 is 1.62 bits per heavy atom. The SMILES string of the molecule is N#Cc1ccc(S(=O)(=O)NC[C@H](c2ccccc2)c2c[nH]c3ccccc23)cc1. The molecule has 4 rings (SSSR count). The van der Waals surface area contributed by atoms with Crippen molar-refractivity contribution in [1.29, 1.82) is 5.26 Å². The summed E-state index contributed by atoms with van der Waals surface area (Å²) in [5.74, 6) is -0.152. The molecular weight excluding hydrogens is 382 g/mol. The summed E-state index contributed by atoms with van der Waals surface area (Å²) in [5.41, 5.74) is 3.50. The van der Waals surface area contributed by atoms with Gasteiger partial charge in [-0.3, -0.25) is 0 Å². The second-order valence-corrected chi connectivity index (χ2v) is 8.51. The highest BCUT2D eigenvalue weighted by Gasteiger charge is 2.22. The smallest absolute Gasteiger partial charge is 0.240 e. The predicted octanol–water partition coefficient (Wildman–Crippen LogP) is 4.15. The molecule has 1 heterocycles. The lowest BCUT2D eigenvalue weighted by atomic mass is 9.91. The van der Waals surface area contributed by atoms with Gasteiger partial charge in [-0.05, 0) is 41.5 Å². The summed E-state index contributed by atoms with van der Waals surface area (Å²) in [7, 11) is -3.70. The topological polar surface area (TPSA) is 85.8 Å². The third-order valence-electron chi connectivity index (χ3n) is 4.97. The van der Waals surface area contributed by atoms with E-state index in [1.54, 1.807) is 0 Å². The normalized spacial score (nSPS) is 12.5. The Morgan fingerprint density at radius 3 is 2.34 bits per heavy atom. The lowest BCUT2D eigenvalue weighted by molar-refractivity contribution is 0.577. The van der Waals surface area contributed by atoms with Crippen molar-refractivity contribution in [3.8, 4) is 6.07 Å². The molecular formula is C23H19N3O2S. The fourth-order valence-electron chi connectivity index (χ4n) is 3.46. The maximum absolute atomic E-state index is 12.8. The Labute approximate surface area is 169 Å². The molecule has 6 heteroatoms. The van der Waals surface area contributed by atoms with Crippen molar-refractivity contribution < 1.29 is 8.42 Å². The van der Waals surface area contributed by atoms with Crippen molar-refractivity contribution in [3.63, 3.8) is 0 Å². The van der Waals surface area contributed by atoms with Gasteiger partial charge in [0.1, 0.15) is 0 Å². The van der Waals surface area contributed by atoms with Gasteiger partial charge in [0.15, 0.2) is 0 Å². The zero-order valence-corrected chi connectivity index (χ0v) is 16.4. The van der Waals surface area contributed by atoms with Crippen LogP contribution in [0.5, 0.6) is 0 Å². The third-order valence-corrected chi connectivity index (χ3v) is 6.41. The van der Waals surface area contributed by atoms with Crippen molar-refractivity contribution in [2.24, 2.45) is 0 Å². The Bertz CT molecular complexity index is 1270. The van der Waals surface area contributed by atoms with E-state index in [-0.39, 0.29) is 17.4 Å². The van der Waals surface area contributed by atoms with E-state index in [9.17, 15) is 8.42 Å². The number of fused-ring (bicyclic) bond motifs is 1. The van der Waals surface area contributed by atoms with E-state index in [0.29, 0.717) is 5.56 Å². The minimum atomic E-state index is -3.70. The summed E-state index contributed by atoms with van der Waals surface area (Å²) in [6.45, 7) is 0.216. The van der Waals surface area contributed by atoms with Gasteiger partial charge in [-0.25, -0.2) is 13.1 Å². The molecule has 5 nitrogen and oxygen atoms in total. The number of benzene rings is 3. The van der Waals surface area contributed by atoms with Gasteiger partial charge in [0.2, 0.25) is 10.0 Å². The Morgan fingerprint density at radius 1 is 0.931 bits per heavy atom. The summed E-state index contributed by atoms with van der Waals surface area (Å²) in [6.07, 6.45) is 1.94. The highest BCUT2D eigenvalue weighted by Crippen LogP contribution is 2.30. The lowest BCUT2D eigenvalue weighted by Crippen LogP contribution is -2.29. The van der Waals surface area contributed by atoms with E-state index in [0.717, 1.165) is 22.0 Å². The molecule has 0 unspecified atom stereocenters. The number of aromatic nitrogens is 1. The van der Waals surface area contributed by atoms with E-state index in [2.05, 4.69) is 9.71 Å². The molecule has 1 atom stereocenters. The molecule has 29 heavy (non-hydrogen) atoms. The molecule has 1 aromatic heterocycles. The zero-order valence-electron chi connectivity index (χ0n) is 15.5. The van der Waals surface area contributed by atoms with Gasteiger partial charge >= 0.3 is 0 Å². The predicted molar refractivity (Wildman–Crippen MR) is 113 cm³/mol. The van der Waals surface area contributed by atoms with Crippen LogP contribution < -0.4 is 4.72 Å². The van der Waals surface area contributed by atoms with E-state index in [4.69, 9.17) is 5.26 Å². The van der Waals surface area contributed by atoms with Crippen LogP contribution in [0.15, 0.2) is 90.0 Å². The first-order valence-corrected chi connectivity index (χ1v) is 10.7. The molecule has 3 aromatic carbocycles. The van der Waals surface area contributed by atoms with Crippen LogP contribution in [0.2, 0.25) is 0 Å². The van der Waals surface area contributed by atoms with E-state index >= 15 is 0 Å². The number of aromatic amines is 1. The van der Waals surface area contributed by atoms with Crippen LogP contribution in [-0.2, 0) is 10.0 Å². The molecule has 0 spiro atoms. The van der Waals surface area contributed by atoms with Crippen LogP contribution in [0.4, 0.5) is 0 Å². The van der Waals surface area contributed by atoms with Crippen molar-refractivity contribution >= 4 is 20.9 Å². The van der Waals surface area contributed by atoms with Gasteiger partial charge in [0.25, 0.3) is 0 Å². The molecule has 0 radical (unpaired) electrons. The van der Waals surface area contributed by atoms with Gasteiger partial charge in [-0.15, -0.1) is 0 Å². The second kappa shape index (κ2) is 7.92. The van der Waals surface area contributed by atoms with Crippen LogP contribution in [0.25, 0.3) is 10.9 Å². The number of rotatable bonds is 6. The first-order chi connectivity index (χ1) is 14.1. The molecule has 4 aromatic rings. The molecule has 0 saturated carbocycles. The lowest BCUT2D eigenvalue weighted by Gasteiger charge is -2.18. The standard InChI is InChI=1S/C23H19N3O2S/c24-14-17-10-12-19(13-11-17)29(27,28)26-16-21(18-6-2-1-3-7-18)22-15-25-23-9-5-4-8-20(22)23/h1-13,15,21,25-26H,16H2/t21-/m1/s1. The van der Waals surface area contributed by atoms with Crippen LogP contribution in [0, 0.1) is 11.3 Å². The second-order valence-electron chi connectivity index (χ2n) is 6.74. The fourth-order valence-corrected chi connectivity index (χ4v) is 4.51. The molecule has 0 aliphatic carbocycles. The molecule has 144 valence electrons. The highest BCUT2D eigenvalue weighted by molar-refractivity contribution is 7.89. The van der Waals surface area contributed by atoms with Crippen molar-refractivity contribution in [3.05, 3.63) is 102 Å². The van der Waals surface area contributed by atoms with Crippen LogP contribution >= 0.6 is 0 Å². The van der Waals surface area contributed by atoms with Crippen LogP contribution in [-0.4, -0.2) is 19.9 Å². The first-order valence-electron chi connectivity index (χ1n) is 9.19. The van der Waals surface area contributed by atoms with Crippen LogP contribution in [0.1, 0.15) is 22.6 Å². The summed E-state index contributed by atoms with van der Waals surface area (Å²) in [4.78, 5) is 3.41. The fraction of sp³-hybridized carbons (Fsp3) is 0.0870. The van der Waals surface area contributed by atoms with Gasteiger partial charge in [0, 0.05) is 29.6 Å². The summed E-state index contributed by atoms with van der Waals surface area (Å²) in [6, 6.07) is 25.7. The number of hydrogen-bond acceptors (Lipinski definition) is 3. The van der Waals surface area contributed by atoms with Crippen molar-refractivity contribution in [1.82, 2.24) is 9.71 Å². The number of nitrogens with one attached hydrogen (secondary N) is 2. The number of para-hydroxylation sites is 1. The highest BCUT2D eigenvalue weighted by atomic mass is 32.2. The number of nitrogens with zero attached hydrogens (tertiary/aromatic N) is 1. The largest absolute Gasteiger partial charge is 0.361 e. The summed E-state index contributed by atoms with van der Waals surface area (Å²) in [5, 5.41) is 9.98. The third kappa shape index (κ3) is 3.92. The monoisotopic (exact) mass is 401 g/mol. The molecule has 0 aliphatic heterocycles. The number of H-pyrrole nitrogens is 1.